The van der Waals surface area contributed by atoms with Gasteiger partial charge in [0.1, 0.15) is 5.02 Å². The first-order valence-electron chi connectivity index (χ1n) is 6.76. The molecule has 1 heterocycles. The van der Waals surface area contributed by atoms with Crippen LogP contribution in [0.1, 0.15) is 19.8 Å². The Balaban J connectivity index is 1.92. The molecule has 104 valence electrons. The number of para-hydroxylation sites is 1. The maximum absolute atomic E-state index is 12.3. The van der Waals surface area contributed by atoms with Gasteiger partial charge in [-0.15, -0.1) is 0 Å². The maximum Gasteiger partial charge on any atom is 0.292 e. The predicted octanol–water partition coefficient (Wildman–Crippen LogP) is 3.10. The largest absolute Gasteiger partial charge is 0.380 e. The van der Waals surface area contributed by atoms with Crippen molar-refractivity contribution in [1.29, 1.82) is 0 Å². The minimum Gasteiger partial charge on any atom is -0.380 e. The third-order valence-corrected chi connectivity index (χ3v) is 4.00. The van der Waals surface area contributed by atoms with E-state index in [0.29, 0.717) is 23.3 Å². The summed E-state index contributed by atoms with van der Waals surface area (Å²) < 4.78 is 1.31. The van der Waals surface area contributed by atoms with E-state index in [0.717, 1.165) is 0 Å². The molecular weight excluding hydrogens is 274 g/mol. The van der Waals surface area contributed by atoms with E-state index in [9.17, 15) is 4.79 Å². The Kier molecular flexibility index (Phi) is 3.49. The van der Waals surface area contributed by atoms with Gasteiger partial charge in [0.25, 0.3) is 5.56 Å². The Bertz CT molecular complexity index is 665. The molecule has 0 unspecified atom stereocenters. The van der Waals surface area contributed by atoms with Crippen LogP contribution in [-0.2, 0) is 0 Å². The van der Waals surface area contributed by atoms with Gasteiger partial charge < -0.3 is 5.32 Å². The number of benzene rings is 1. The summed E-state index contributed by atoms with van der Waals surface area (Å²) in [5.41, 5.74) is 1.02. The van der Waals surface area contributed by atoms with Crippen LogP contribution in [-0.4, -0.2) is 15.8 Å². The monoisotopic (exact) mass is 289 g/mol. The molecule has 0 amide bonds. The van der Waals surface area contributed by atoms with Crippen molar-refractivity contribution in [1.82, 2.24) is 9.78 Å². The lowest BCUT2D eigenvalue weighted by Crippen LogP contribution is -2.25. The second-order valence-electron chi connectivity index (χ2n) is 5.20. The van der Waals surface area contributed by atoms with Gasteiger partial charge in [-0.1, -0.05) is 29.8 Å². The summed E-state index contributed by atoms with van der Waals surface area (Å²) in [4.78, 5) is 12.3. The average Bonchev–Trinajstić information content (AvgIpc) is 3.29. The minimum atomic E-state index is -0.300. The number of nitrogens with zero attached hydrogens (tertiary/aromatic N) is 2. The molecule has 1 aromatic carbocycles. The molecule has 0 radical (unpaired) electrons. The van der Waals surface area contributed by atoms with Gasteiger partial charge in [0.05, 0.1) is 17.6 Å². The smallest absolute Gasteiger partial charge is 0.292 e. The summed E-state index contributed by atoms with van der Waals surface area (Å²) in [5, 5.41) is 7.67. The van der Waals surface area contributed by atoms with E-state index in [1.165, 1.54) is 17.5 Å². The summed E-state index contributed by atoms with van der Waals surface area (Å²) >= 11 is 6.18. The average molecular weight is 290 g/mol. The first kappa shape index (κ1) is 13.2. The van der Waals surface area contributed by atoms with Crippen LogP contribution in [0.2, 0.25) is 5.02 Å². The zero-order valence-electron chi connectivity index (χ0n) is 11.2. The molecular formula is C15H16ClN3O. The number of rotatable bonds is 4. The highest BCUT2D eigenvalue weighted by Crippen LogP contribution is 2.34. The lowest BCUT2D eigenvalue weighted by atomic mass is 10.2. The molecule has 0 bridgehead atoms. The fourth-order valence-corrected chi connectivity index (χ4v) is 2.43. The van der Waals surface area contributed by atoms with Crippen LogP contribution in [0, 0.1) is 5.92 Å². The normalized spacial score (nSPS) is 15.9. The summed E-state index contributed by atoms with van der Waals surface area (Å²) in [6.45, 7) is 2.11. The predicted molar refractivity (Wildman–Crippen MR) is 80.7 cm³/mol. The first-order valence-corrected chi connectivity index (χ1v) is 7.14. The van der Waals surface area contributed by atoms with Crippen molar-refractivity contribution >= 4 is 17.3 Å². The molecule has 1 aromatic heterocycles. The van der Waals surface area contributed by atoms with Crippen molar-refractivity contribution in [2.75, 3.05) is 5.32 Å². The highest BCUT2D eigenvalue weighted by atomic mass is 35.5. The number of anilines is 1. The number of aromatic nitrogens is 2. The zero-order valence-corrected chi connectivity index (χ0v) is 12.0. The van der Waals surface area contributed by atoms with Crippen molar-refractivity contribution in [3.05, 3.63) is 51.9 Å². The van der Waals surface area contributed by atoms with Crippen molar-refractivity contribution < 1.29 is 0 Å². The molecule has 3 rings (SSSR count). The maximum atomic E-state index is 12.3. The lowest BCUT2D eigenvalue weighted by molar-refractivity contribution is 0.690. The lowest BCUT2D eigenvalue weighted by Gasteiger charge is -2.15. The molecule has 0 saturated heterocycles. The van der Waals surface area contributed by atoms with Crippen molar-refractivity contribution in [3.8, 4) is 5.69 Å². The van der Waals surface area contributed by atoms with Crippen LogP contribution in [0.3, 0.4) is 0 Å². The van der Waals surface area contributed by atoms with Gasteiger partial charge in [0.15, 0.2) is 0 Å². The number of hydrogen-bond acceptors (Lipinski definition) is 3. The Morgan fingerprint density at radius 2 is 2.05 bits per heavy atom. The Morgan fingerprint density at radius 1 is 1.35 bits per heavy atom. The van der Waals surface area contributed by atoms with Gasteiger partial charge in [-0.05, 0) is 37.8 Å². The molecule has 1 aliphatic carbocycles. The van der Waals surface area contributed by atoms with Crippen molar-refractivity contribution in [2.45, 2.75) is 25.8 Å². The molecule has 2 aromatic rings. The van der Waals surface area contributed by atoms with Crippen molar-refractivity contribution in [3.63, 3.8) is 0 Å². The Hall–Kier alpha value is -1.81. The van der Waals surface area contributed by atoms with Gasteiger partial charge in [-0.2, -0.15) is 9.78 Å². The zero-order chi connectivity index (χ0) is 14.1. The molecule has 20 heavy (non-hydrogen) atoms. The van der Waals surface area contributed by atoms with E-state index in [1.54, 1.807) is 6.20 Å². The quantitative estimate of drug-likeness (QED) is 0.941. The van der Waals surface area contributed by atoms with E-state index < -0.39 is 0 Å². The molecule has 5 heteroatoms. The van der Waals surface area contributed by atoms with E-state index in [2.05, 4.69) is 17.3 Å². The third kappa shape index (κ3) is 2.56. The highest BCUT2D eigenvalue weighted by Gasteiger charge is 2.28. The minimum absolute atomic E-state index is 0.191. The highest BCUT2D eigenvalue weighted by molar-refractivity contribution is 6.32. The van der Waals surface area contributed by atoms with Crippen LogP contribution >= 0.6 is 11.6 Å². The van der Waals surface area contributed by atoms with Gasteiger partial charge >= 0.3 is 0 Å². The molecule has 1 N–H and O–H groups in total. The van der Waals surface area contributed by atoms with E-state index in [1.807, 2.05) is 30.3 Å². The summed E-state index contributed by atoms with van der Waals surface area (Å²) in [7, 11) is 0. The number of hydrogen-bond donors (Lipinski definition) is 1. The van der Waals surface area contributed by atoms with Crippen LogP contribution in [0.5, 0.6) is 0 Å². The van der Waals surface area contributed by atoms with Crippen LogP contribution in [0.4, 0.5) is 5.69 Å². The fraction of sp³-hybridized carbons (Fsp3) is 0.333. The van der Waals surface area contributed by atoms with Crippen LogP contribution in [0.25, 0.3) is 5.69 Å². The first-order chi connectivity index (χ1) is 9.66. The van der Waals surface area contributed by atoms with Crippen LogP contribution < -0.4 is 10.9 Å². The van der Waals surface area contributed by atoms with E-state index in [4.69, 9.17) is 11.6 Å². The van der Waals surface area contributed by atoms with Gasteiger partial charge in [-0.25, -0.2) is 0 Å². The molecule has 1 saturated carbocycles. The third-order valence-electron chi connectivity index (χ3n) is 3.63. The molecule has 1 aliphatic rings. The summed E-state index contributed by atoms with van der Waals surface area (Å²) in [5.74, 6) is 0.683. The molecule has 1 fully saturated rings. The standard InChI is InChI=1S/C15H16ClN3O/c1-10(11-7-8-11)18-13-9-17-19(15(20)14(13)16)12-5-3-2-4-6-12/h2-6,9-11,18H,7-8H2,1H3/t10-/m0/s1. The Morgan fingerprint density at radius 3 is 2.70 bits per heavy atom. The number of halogens is 1. The summed E-state index contributed by atoms with van der Waals surface area (Å²) in [6.07, 6.45) is 4.09. The fourth-order valence-electron chi connectivity index (χ4n) is 2.25. The topological polar surface area (TPSA) is 46.9 Å². The van der Waals surface area contributed by atoms with E-state index in [-0.39, 0.29) is 10.6 Å². The second kappa shape index (κ2) is 5.29. The Labute approximate surface area is 122 Å². The summed E-state index contributed by atoms with van der Waals surface area (Å²) in [6, 6.07) is 9.58. The molecule has 0 spiro atoms. The van der Waals surface area contributed by atoms with Gasteiger partial charge in [-0.3, -0.25) is 4.79 Å². The molecule has 4 nitrogen and oxygen atoms in total. The molecule has 1 atom stereocenters. The van der Waals surface area contributed by atoms with Gasteiger partial charge in [0.2, 0.25) is 0 Å². The van der Waals surface area contributed by atoms with Gasteiger partial charge in [0, 0.05) is 6.04 Å². The molecule has 0 aliphatic heterocycles. The SMILES string of the molecule is C[C@H](Nc1cnn(-c2ccccc2)c(=O)c1Cl)C1CC1. The number of nitrogens with one attached hydrogen (secondary N) is 1. The van der Waals surface area contributed by atoms with Crippen LogP contribution in [0.15, 0.2) is 41.3 Å². The van der Waals surface area contributed by atoms with E-state index >= 15 is 0 Å². The second-order valence-corrected chi connectivity index (χ2v) is 5.57. The van der Waals surface area contributed by atoms with Crippen molar-refractivity contribution in [2.24, 2.45) is 5.92 Å².